The van der Waals surface area contributed by atoms with Gasteiger partial charge in [0.2, 0.25) is 5.88 Å². The zero-order chi connectivity index (χ0) is 13.7. The van der Waals surface area contributed by atoms with Crippen LogP contribution in [0.2, 0.25) is 0 Å². The van der Waals surface area contributed by atoms with Gasteiger partial charge in [-0.3, -0.25) is 0 Å². The van der Waals surface area contributed by atoms with Crippen LogP contribution in [0.5, 0.6) is 11.6 Å². The Hall–Kier alpha value is -1.14. The van der Waals surface area contributed by atoms with Gasteiger partial charge in [0.1, 0.15) is 5.75 Å². The molecule has 0 unspecified atom stereocenters. The molecule has 0 aliphatic carbocycles. The van der Waals surface area contributed by atoms with Crippen molar-refractivity contribution in [1.82, 2.24) is 10.3 Å². The highest BCUT2D eigenvalue weighted by atomic mass is 127. The van der Waals surface area contributed by atoms with E-state index in [-0.39, 0.29) is 0 Å². The monoisotopic (exact) mass is 368 g/mol. The van der Waals surface area contributed by atoms with Crippen molar-refractivity contribution in [2.45, 2.75) is 20.4 Å². The van der Waals surface area contributed by atoms with E-state index in [2.05, 4.69) is 45.9 Å². The lowest BCUT2D eigenvalue weighted by Crippen LogP contribution is -2.12. The van der Waals surface area contributed by atoms with Crippen LogP contribution in [0.4, 0.5) is 0 Å². The van der Waals surface area contributed by atoms with Gasteiger partial charge in [0.25, 0.3) is 0 Å². The Balaban J connectivity index is 2.15. The fourth-order valence-corrected chi connectivity index (χ4v) is 2.22. The minimum absolute atomic E-state index is 0.671. The molecule has 2 rings (SSSR count). The van der Waals surface area contributed by atoms with Crippen LogP contribution in [0.15, 0.2) is 36.5 Å². The van der Waals surface area contributed by atoms with Gasteiger partial charge in [-0.2, -0.15) is 0 Å². The highest BCUT2D eigenvalue weighted by Gasteiger charge is 2.06. The number of nitrogens with zero attached hydrogens (tertiary/aromatic N) is 1. The van der Waals surface area contributed by atoms with E-state index < -0.39 is 0 Å². The lowest BCUT2D eigenvalue weighted by atomic mass is 10.2. The van der Waals surface area contributed by atoms with Crippen molar-refractivity contribution in [2.24, 2.45) is 0 Å². The number of nitrogens with one attached hydrogen (secondary N) is 1. The summed E-state index contributed by atoms with van der Waals surface area (Å²) in [5.74, 6) is 1.52. The van der Waals surface area contributed by atoms with Crippen molar-refractivity contribution >= 4 is 22.6 Å². The van der Waals surface area contributed by atoms with Crippen molar-refractivity contribution in [3.05, 3.63) is 51.2 Å². The van der Waals surface area contributed by atoms with E-state index >= 15 is 0 Å². The molecule has 0 aliphatic rings. The van der Waals surface area contributed by atoms with Gasteiger partial charge in [-0.05, 0) is 59.8 Å². The molecular formula is C15H17IN2O. The maximum atomic E-state index is 5.86. The predicted molar refractivity (Wildman–Crippen MR) is 85.6 cm³/mol. The summed E-state index contributed by atoms with van der Waals surface area (Å²) in [5.41, 5.74) is 2.23. The highest BCUT2D eigenvalue weighted by molar-refractivity contribution is 14.1. The first kappa shape index (κ1) is 14.3. The molecule has 100 valence electrons. The number of para-hydroxylation sites is 1. The Morgan fingerprint density at radius 3 is 2.79 bits per heavy atom. The first-order valence-electron chi connectivity index (χ1n) is 6.29. The molecule has 3 nitrogen and oxygen atoms in total. The van der Waals surface area contributed by atoms with Crippen LogP contribution in [-0.4, -0.2) is 11.5 Å². The maximum absolute atomic E-state index is 5.86. The summed E-state index contributed by atoms with van der Waals surface area (Å²) >= 11 is 2.26. The molecule has 1 aromatic heterocycles. The van der Waals surface area contributed by atoms with Crippen LogP contribution in [0.25, 0.3) is 0 Å². The zero-order valence-electron chi connectivity index (χ0n) is 11.1. The molecule has 1 N–H and O–H groups in total. The normalized spacial score (nSPS) is 10.5. The Morgan fingerprint density at radius 1 is 1.32 bits per heavy atom. The standard InChI is InChI=1S/C15H17IN2O/c1-3-17-9-12-8-11(2)15(18-10-12)19-14-7-5-4-6-13(14)16/h4-8,10,17H,3,9H2,1-2H3. The molecule has 19 heavy (non-hydrogen) atoms. The molecular weight excluding hydrogens is 351 g/mol. The Labute approximate surface area is 127 Å². The third-order valence-corrected chi connectivity index (χ3v) is 3.60. The van der Waals surface area contributed by atoms with Gasteiger partial charge in [0.05, 0.1) is 3.57 Å². The molecule has 0 bridgehead atoms. The lowest BCUT2D eigenvalue weighted by molar-refractivity contribution is 0.455. The molecule has 4 heteroatoms. The molecule has 0 saturated heterocycles. The minimum atomic E-state index is 0.671. The van der Waals surface area contributed by atoms with Crippen molar-refractivity contribution in [3.8, 4) is 11.6 Å². The summed E-state index contributed by atoms with van der Waals surface area (Å²) < 4.78 is 6.94. The van der Waals surface area contributed by atoms with Gasteiger partial charge in [-0.25, -0.2) is 4.98 Å². The van der Waals surface area contributed by atoms with Crippen LogP contribution < -0.4 is 10.1 Å². The van der Waals surface area contributed by atoms with Crippen LogP contribution in [0, 0.1) is 10.5 Å². The van der Waals surface area contributed by atoms with Gasteiger partial charge in [-0.1, -0.05) is 19.1 Å². The van der Waals surface area contributed by atoms with Gasteiger partial charge >= 0.3 is 0 Å². The number of hydrogen-bond acceptors (Lipinski definition) is 3. The summed E-state index contributed by atoms with van der Waals surface area (Å²) in [6.07, 6.45) is 1.86. The predicted octanol–water partition coefficient (Wildman–Crippen LogP) is 3.90. The van der Waals surface area contributed by atoms with Gasteiger partial charge < -0.3 is 10.1 Å². The van der Waals surface area contributed by atoms with E-state index in [0.29, 0.717) is 5.88 Å². The fraction of sp³-hybridized carbons (Fsp3) is 0.267. The molecule has 0 spiro atoms. The second-order valence-electron chi connectivity index (χ2n) is 4.28. The topological polar surface area (TPSA) is 34.2 Å². The van der Waals surface area contributed by atoms with Gasteiger partial charge in [0.15, 0.2) is 0 Å². The van der Waals surface area contributed by atoms with Crippen molar-refractivity contribution in [1.29, 1.82) is 0 Å². The number of aromatic nitrogens is 1. The largest absolute Gasteiger partial charge is 0.438 e. The number of aryl methyl sites for hydroxylation is 1. The summed E-state index contributed by atoms with van der Waals surface area (Å²) in [6.45, 7) is 5.91. The third-order valence-electron chi connectivity index (χ3n) is 2.71. The van der Waals surface area contributed by atoms with Crippen LogP contribution in [0.3, 0.4) is 0 Å². The summed E-state index contributed by atoms with van der Waals surface area (Å²) in [6, 6.07) is 10.0. The molecule has 1 heterocycles. The third kappa shape index (κ3) is 3.91. The van der Waals surface area contributed by atoms with E-state index in [4.69, 9.17) is 4.74 Å². The molecule has 1 aromatic carbocycles. The first-order chi connectivity index (χ1) is 9.20. The number of pyridine rings is 1. The van der Waals surface area contributed by atoms with E-state index in [1.807, 2.05) is 37.4 Å². The minimum Gasteiger partial charge on any atom is -0.438 e. The smallest absolute Gasteiger partial charge is 0.222 e. The maximum Gasteiger partial charge on any atom is 0.222 e. The van der Waals surface area contributed by atoms with E-state index in [9.17, 15) is 0 Å². The number of ether oxygens (including phenoxy) is 1. The molecule has 2 aromatic rings. The average Bonchev–Trinajstić information content (AvgIpc) is 2.41. The SMILES string of the molecule is CCNCc1cnc(Oc2ccccc2I)c(C)c1. The number of halogens is 1. The Morgan fingerprint density at radius 2 is 2.11 bits per heavy atom. The number of benzene rings is 1. The lowest BCUT2D eigenvalue weighted by Gasteiger charge is -2.10. The zero-order valence-corrected chi connectivity index (χ0v) is 13.3. The Bertz CT molecular complexity index is 558. The molecule has 0 amide bonds. The van der Waals surface area contributed by atoms with E-state index in [1.54, 1.807) is 0 Å². The van der Waals surface area contributed by atoms with Gasteiger partial charge in [0, 0.05) is 18.3 Å². The number of hydrogen-bond donors (Lipinski definition) is 1. The van der Waals surface area contributed by atoms with Crippen LogP contribution in [0.1, 0.15) is 18.1 Å². The second-order valence-corrected chi connectivity index (χ2v) is 5.44. The van der Waals surface area contributed by atoms with E-state index in [0.717, 1.165) is 28.0 Å². The van der Waals surface area contributed by atoms with Crippen molar-refractivity contribution in [3.63, 3.8) is 0 Å². The van der Waals surface area contributed by atoms with Crippen LogP contribution in [-0.2, 0) is 6.54 Å². The molecule has 0 fully saturated rings. The fourth-order valence-electron chi connectivity index (χ4n) is 1.72. The van der Waals surface area contributed by atoms with Crippen LogP contribution >= 0.6 is 22.6 Å². The molecule has 0 saturated carbocycles. The first-order valence-corrected chi connectivity index (χ1v) is 7.37. The van der Waals surface area contributed by atoms with Gasteiger partial charge in [-0.15, -0.1) is 0 Å². The second kappa shape index (κ2) is 6.86. The number of rotatable bonds is 5. The van der Waals surface area contributed by atoms with Crippen molar-refractivity contribution in [2.75, 3.05) is 6.54 Å². The van der Waals surface area contributed by atoms with E-state index in [1.165, 1.54) is 5.56 Å². The highest BCUT2D eigenvalue weighted by Crippen LogP contribution is 2.27. The molecule has 0 atom stereocenters. The van der Waals surface area contributed by atoms with Crippen molar-refractivity contribution < 1.29 is 4.74 Å². The molecule has 0 radical (unpaired) electrons. The molecule has 0 aliphatic heterocycles. The summed E-state index contributed by atoms with van der Waals surface area (Å²) in [5, 5.41) is 3.29. The summed E-state index contributed by atoms with van der Waals surface area (Å²) in [7, 11) is 0. The summed E-state index contributed by atoms with van der Waals surface area (Å²) in [4.78, 5) is 4.40. The Kier molecular flexibility index (Phi) is 5.15. The average molecular weight is 368 g/mol. The quantitative estimate of drug-likeness (QED) is 0.813.